The maximum absolute atomic E-state index is 12.4. The van der Waals surface area contributed by atoms with E-state index in [0.29, 0.717) is 5.75 Å². The van der Waals surface area contributed by atoms with E-state index < -0.39 is 6.10 Å². The number of hydrogen-bond acceptors (Lipinski definition) is 2. The van der Waals surface area contributed by atoms with Crippen molar-refractivity contribution in [3.05, 3.63) is 63.0 Å². The lowest BCUT2D eigenvalue weighted by Crippen LogP contribution is -2.31. The maximum atomic E-state index is 12.4. The van der Waals surface area contributed by atoms with Crippen molar-refractivity contribution in [3.8, 4) is 5.75 Å². The molecule has 0 aliphatic carbocycles. The van der Waals surface area contributed by atoms with Gasteiger partial charge in [-0.3, -0.25) is 4.79 Å². The van der Waals surface area contributed by atoms with Crippen LogP contribution < -0.4 is 4.74 Å². The zero-order chi connectivity index (χ0) is 15.4. The molecule has 21 heavy (non-hydrogen) atoms. The molecule has 2 rings (SSSR count). The molecule has 0 aromatic heterocycles. The molecule has 2 aromatic rings. The van der Waals surface area contributed by atoms with Crippen LogP contribution in [0.5, 0.6) is 5.75 Å². The average Bonchev–Trinajstić information content (AvgIpc) is 2.46. The minimum atomic E-state index is -0.668. The Morgan fingerprint density at radius 1 is 1.10 bits per heavy atom. The predicted molar refractivity (Wildman–Crippen MR) is 90.3 cm³/mol. The summed E-state index contributed by atoms with van der Waals surface area (Å²) >= 11 is 6.85. The molecule has 5 heteroatoms. The van der Waals surface area contributed by atoms with Crippen molar-refractivity contribution >= 4 is 37.8 Å². The quantitative estimate of drug-likeness (QED) is 0.743. The van der Waals surface area contributed by atoms with E-state index >= 15 is 0 Å². The highest BCUT2D eigenvalue weighted by Gasteiger charge is 2.24. The summed E-state index contributed by atoms with van der Waals surface area (Å²) in [4.78, 5) is 13.9. The topological polar surface area (TPSA) is 29.5 Å². The van der Waals surface area contributed by atoms with Crippen LogP contribution in [0.3, 0.4) is 0 Å². The molecular formula is C16H15Br2NO2. The molecular weight excluding hydrogens is 398 g/mol. The van der Waals surface area contributed by atoms with Crippen molar-refractivity contribution in [3.63, 3.8) is 0 Å². The standard InChI is InChI=1S/C16H15Br2NO2/c1-19(2)16(20)15(11-6-4-3-5-7-11)21-14-9-8-12(17)10-13(14)18/h3-10,15H,1-2H3/t15-/m1/s1. The third-order valence-electron chi connectivity index (χ3n) is 2.91. The first kappa shape index (κ1) is 16.0. The first-order valence-corrected chi connectivity index (χ1v) is 7.95. The van der Waals surface area contributed by atoms with Gasteiger partial charge in [0.2, 0.25) is 6.10 Å². The van der Waals surface area contributed by atoms with Gasteiger partial charge in [-0.1, -0.05) is 46.3 Å². The van der Waals surface area contributed by atoms with Gasteiger partial charge in [0, 0.05) is 24.1 Å². The van der Waals surface area contributed by atoms with Crippen LogP contribution in [0.15, 0.2) is 57.5 Å². The van der Waals surface area contributed by atoms with Crippen LogP contribution in [0.25, 0.3) is 0 Å². The van der Waals surface area contributed by atoms with Gasteiger partial charge in [0.1, 0.15) is 5.75 Å². The molecule has 0 radical (unpaired) electrons. The number of hydrogen-bond donors (Lipinski definition) is 0. The van der Waals surface area contributed by atoms with E-state index in [1.54, 1.807) is 14.1 Å². The number of carbonyl (C=O) groups excluding carboxylic acids is 1. The summed E-state index contributed by atoms with van der Waals surface area (Å²) in [5.41, 5.74) is 0.825. The first-order valence-electron chi connectivity index (χ1n) is 6.37. The molecule has 0 aliphatic rings. The largest absolute Gasteiger partial charge is 0.475 e. The van der Waals surface area contributed by atoms with Gasteiger partial charge < -0.3 is 9.64 Å². The van der Waals surface area contributed by atoms with Crippen molar-refractivity contribution in [2.45, 2.75) is 6.10 Å². The van der Waals surface area contributed by atoms with Gasteiger partial charge in [-0.25, -0.2) is 0 Å². The SMILES string of the molecule is CN(C)C(=O)[C@H](Oc1ccc(Br)cc1Br)c1ccccc1. The van der Waals surface area contributed by atoms with E-state index in [2.05, 4.69) is 31.9 Å². The van der Waals surface area contributed by atoms with E-state index in [0.717, 1.165) is 14.5 Å². The van der Waals surface area contributed by atoms with Crippen LogP contribution in [-0.4, -0.2) is 24.9 Å². The highest BCUT2D eigenvalue weighted by molar-refractivity contribution is 9.11. The summed E-state index contributed by atoms with van der Waals surface area (Å²) < 4.78 is 7.69. The molecule has 3 nitrogen and oxygen atoms in total. The van der Waals surface area contributed by atoms with Gasteiger partial charge in [0.25, 0.3) is 5.91 Å². The van der Waals surface area contributed by atoms with Gasteiger partial charge in [-0.05, 0) is 34.1 Å². The van der Waals surface area contributed by atoms with Crippen LogP contribution in [0, 0.1) is 0 Å². The molecule has 2 aromatic carbocycles. The number of halogens is 2. The number of carbonyl (C=O) groups is 1. The number of nitrogens with zero attached hydrogens (tertiary/aromatic N) is 1. The summed E-state index contributed by atoms with van der Waals surface area (Å²) in [6.45, 7) is 0. The molecule has 0 saturated carbocycles. The van der Waals surface area contributed by atoms with Crippen molar-refractivity contribution in [2.75, 3.05) is 14.1 Å². The summed E-state index contributed by atoms with van der Waals surface area (Å²) in [6, 6.07) is 15.1. The first-order chi connectivity index (χ1) is 9.99. The molecule has 0 unspecified atom stereocenters. The van der Waals surface area contributed by atoms with E-state index in [9.17, 15) is 4.79 Å². The fourth-order valence-corrected chi connectivity index (χ4v) is 2.96. The summed E-state index contributed by atoms with van der Waals surface area (Å²) in [5, 5.41) is 0. The molecule has 0 bridgehead atoms. The molecule has 0 heterocycles. The predicted octanol–water partition coefficient (Wildman–Crippen LogP) is 4.42. The number of amides is 1. The number of ether oxygens (including phenoxy) is 1. The fraction of sp³-hybridized carbons (Fsp3) is 0.188. The second-order valence-electron chi connectivity index (χ2n) is 4.72. The normalized spacial score (nSPS) is 11.8. The highest BCUT2D eigenvalue weighted by Crippen LogP contribution is 2.32. The monoisotopic (exact) mass is 411 g/mol. The Labute approximate surface area is 141 Å². The lowest BCUT2D eigenvalue weighted by molar-refractivity contribution is -0.136. The zero-order valence-electron chi connectivity index (χ0n) is 11.7. The fourth-order valence-electron chi connectivity index (χ4n) is 1.82. The minimum Gasteiger partial charge on any atom is -0.475 e. The van der Waals surface area contributed by atoms with E-state index in [1.165, 1.54) is 4.90 Å². The Bertz CT molecular complexity index is 629. The van der Waals surface area contributed by atoms with E-state index in [-0.39, 0.29) is 5.91 Å². The van der Waals surface area contributed by atoms with Crippen molar-refractivity contribution < 1.29 is 9.53 Å². The number of likely N-dealkylation sites (N-methyl/N-ethyl adjacent to an activating group) is 1. The Morgan fingerprint density at radius 3 is 2.33 bits per heavy atom. The van der Waals surface area contributed by atoms with Crippen molar-refractivity contribution in [2.24, 2.45) is 0 Å². The Balaban J connectivity index is 2.34. The minimum absolute atomic E-state index is 0.101. The summed E-state index contributed by atoms with van der Waals surface area (Å²) in [6.07, 6.45) is -0.668. The molecule has 0 fully saturated rings. The van der Waals surface area contributed by atoms with Crippen LogP contribution >= 0.6 is 31.9 Å². The number of rotatable bonds is 4. The van der Waals surface area contributed by atoms with Gasteiger partial charge >= 0.3 is 0 Å². The Morgan fingerprint density at radius 2 is 1.76 bits per heavy atom. The smallest absolute Gasteiger partial charge is 0.267 e. The lowest BCUT2D eigenvalue weighted by atomic mass is 10.1. The van der Waals surface area contributed by atoms with Gasteiger partial charge in [0.15, 0.2) is 0 Å². The second kappa shape index (κ2) is 7.09. The molecule has 0 aliphatic heterocycles. The lowest BCUT2D eigenvalue weighted by Gasteiger charge is -2.22. The van der Waals surface area contributed by atoms with Crippen LogP contribution in [0.1, 0.15) is 11.7 Å². The number of benzene rings is 2. The Kier molecular flexibility index (Phi) is 5.42. The van der Waals surface area contributed by atoms with E-state index in [1.807, 2.05) is 48.5 Å². The van der Waals surface area contributed by atoms with Crippen LogP contribution in [-0.2, 0) is 4.79 Å². The molecule has 1 amide bonds. The van der Waals surface area contributed by atoms with Crippen molar-refractivity contribution in [1.82, 2.24) is 4.90 Å². The second-order valence-corrected chi connectivity index (χ2v) is 6.49. The third kappa shape index (κ3) is 4.08. The zero-order valence-corrected chi connectivity index (χ0v) is 14.9. The van der Waals surface area contributed by atoms with Crippen molar-refractivity contribution in [1.29, 1.82) is 0 Å². The molecule has 0 spiro atoms. The molecule has 0 saturated heterocycles. The molecule has 0 N–H and O–H groups in total. The average molecular weight is 413 g/mol. The van der Waals surface area contributed by atoms with Crippen LogP contribution in [0.4, 0.5) is 0 Å². The van der Waals surface area contributed by atoms with Gasteiger partial charge in [0.05, 0.1) is 4.47 Å². The third-order valence-corrected chi connectivity index (χ3v) is 4.02. The molecule has 1 atom stereocenters. The highest BCUT2D eigenvalue weighted by atomic mass is 79.9. The summed E-state index contributed by atoms with van der Waals surface area (Å²) in [5.74, 6) is 0.526. The maximum Gasteiger partial charge on any atom is 0.267 e. The van der Waals surface area contributed by atoms with Gasteiger partial charge in [-0.2, -0.15) is 0 Å². The Hall–Kier alpha value is -1.33. The molecule has 110 valence electrons. The van der Waals surface area contributed by atoms with Crippen LogP contribution in [0.2, 0.25) is 0 Å². The van der Waals surface area contributed by atoms with E-state index in [4.69, 9.17) is 4.74 Å². The summed E-state index contributed by atoms with van der Waals surface area (Å²) in [7, 11) is 3.44. The van der Waals surface area contributed by atoms with Gasteiger partial charge in [-0.15, -0.1) is 0 Å².